The number of hydrogen-bond acceptors (Lipinski definition) is 3. The summed E-state index contributed by atoms with van der Waals surface area (Å²) in [6.45, 7) is 6.25. The number of thiophene rings is 1. The maximum absolute atomic E-state index is 4.70. The largest absolute Gasteiger partial charge is 0.370 e. The number of fused-ring (bicyclic) bond motifs is 1. The second kappa shape index (κ2) is 3.63. The molecular formula is C12H15N3S. The Labute approximate surface area is 99.1 Å². The molecule has 3 nitrogen and oxygen atoms in total. The van der Waals surface area contributed by atoms with Gasteiger partial charge in [-0.2, -0.15) is 5.10 Å². The summed E-state index contributed by atoms with van der Waals surface area (Å²) in [6.07, 6.45) is 1.10. The first-order valence-electron chi connectivity index (χ1n) is 5.70. The Morgan fingerprint density at radius 2 is 2.38 bits per heavy atom. The molecule has 3 heterocycles. The first kappa shape index (κ1) is 9.90. The van der Waals surface area contributed by atoms with Crippen molar-refractivity contribution in [1.82, 2.24) is 9.78 Å². The van der Waals surface area contributed by atoms with E-state index in [4.69, 9.17) is 5.10 Å². The number of hydrogen-bond donors (Lipinski definition) is 1. The third kappa shape index (κ3) is 1.37. The third-order valence-corrected chi connectivity index (χ3v) is 4.00. The summed E-state index contributed by atoms with van der Waals surface area (Å²) in [5.41, 5.74) is 2.57. The fourth-order valence-corrected chi connectivity index (χ4v) is 3.11. The van der Waals surface area contributed by atoms with Gasteiger partial charge in [0.05, 0.1) is 4.88 Å². The molecular weight excluding hydrogens is 218 g/mol. The molecule has 2 aromatic rings. The van der Waals surface area contributed by atoms with Crippen LogP contribution in [-0.2, 0) is 13.0 Å². The molecule has 3 rings (SSSR count). The van der Waals surface area contributed by atoms with E-state index in [1.165, 1.54) is 26.8 Å². The van der Waals surface area contributed by atoms with Gasteiger partial charge in [0, 0.05) is 23.5 Å². The molecule has 0 aromatic carbocycles. The summed E-state index contributed by atoms with van der Waals surface area (Å²) in [5.74, 6) is 1.23. The van der Waals surface area contributed by atoms with Crippen LogP contribution in [0.3, 0.4) is 0 Å². The van der Waals surface area contributed by atoms with Gasteiger partial charge in [-0.25, -0.2) is 4.68 Å². The van der Waals surface area contributed by atoms with Crippen molar-refractivity contribution in [3.05, 3.63) is 22.6 Å². The van der Waals surface area contributed by atoms with Crippen LogP contribution < -0.4 is 5.32 Å². The molecule has 0 amide bonds. The molecule has 1 aliphatic heterocycles. The van der Waals surface area contributed by atoms with Crippen LogP contribution in [0.25, 0.3) is 10.6 Å². The van der Waals surface area contributed by atoms with E-state index >= 15 is 0 Å². The van der Waals surface area contributed by atoms with Crippen LogP contribution >= 0.6 is 11.3 Å². The van der Waals surface area contributed by atoms with Crippen molar-refractivity contribution in [3.63, 3.8) is 0 Å². The van der Waals surface area contributed by atoms with Gasteiger partial charge < -0.3 is 5.32 Å². The lowest BCUT2D eigenvalue weighted by Gasteiger charge is -2.00. The molecule has 0 unspecified atom stereocenters. The Hall–Kier alpha value is -1.29. The van der Waals surface area contributed by atoms with Gasteiger partial charge >= 0.3 is 0 Å². The van der Waals surface area contributed by atoms with Crippen LogP contribution in [0.2, 0.25) is 0 Å². The number of anilines is 1. The summed E-state index contributed by atoms with van der Waals surface area (Å²) in [4.78, 5) is 2.64. The van der Waals surface area contributed by atoms with Crippen molar-refractivity contribution < 1.29 is 0 Å². The Morgan fingerprint density at radius 1 is 1.50 bits per heavy atom. The molecule has 0 saturated carbocycles. The third-order valence-electron chi connectivity index (χ3n) is 2.99. The van der Waals surface area contributed by atoms with Crippen molar-refractivity contribution in [2.75, 3.05) is 11.9 Å². The minimum atomic E-state index is 0.930. The second-order valence-corrected chi connectivity index (χ2v) is 5.37. The molecule has 16 heavy (non-hydrogen) atoms. The molecule has 84 valence electrons. The monoisotopic (exact) mass is 233 g/mol. The summed E-state index contributed by atoms with van der Waals surface area (Å²) in [7, 11) is 0. The molecule has 2 aromatic heterocycles. The maximum Gasteiger partial charge on any atom is 0.128 e. The SMILES string of the molecule is CCn1nc(-c2ccc(C)s2)c2c1NCC2. The van der Waals surface area contributed by atoms with Crippen molar-refractivity contribution in [2.45, 2.75) is 26.8 Å². The van der Waals surface area contributed by atoms with E-state index < -0.39 is 0 Å². The first-order valence-corrected chi connectivity index (χ1v) is 6.51. The lowest BCUT2D eigenvalue weighted by atomic mass is 10.2. The maximum atomic E-state index is 4.70. The Balaban J connectivity index is 2.14. The van der Waals surface area contributed by atoms with E-state index in [1.54, 1.807) is 0 Å². The Kier molecular flexibility index (Phi) is 2.24. The summed E-state index contributed by atoms with van der Waals surface area (Å²) >= 11 is 1.83. The number of aromatic nitrogens is 2. The van der Waals surface area contributed by atoms with E-state index in [9.17, 15) is 0 Å². The van der Waals surface area contributed by atoms with Gasteiger partial charge in [-0.1, -0.05) is 0 Å². The molecule has 0 spiro atoms. The lowest BCUT2D eigenvalue weighted by molar-refractivity contribution is 0.669. The summed E-state index contributed by atoms with van der Waals surface area (Å²) in [6, 6.07) is 4.35. The zero-order valence-corrected chi connectivity index (χ0v) is 10.4. The zero-order chi connectivity index (χ0) is 11.1. The van der Waals surface area contributed by atoms with Crippen LogP contribution in [0.15, 0.2) is 12.1 Å². The topological polar surface area (TPSA) is 29.9 Å². The highest BCUT2D eigenvalue weighted by molar-refractivity contribution is 7.15. The second-order valence-electron chi connectivity index (χ2n) is 4.08. The van der Waals surface area contributed by atoms with Crippen molar-refractivity contribution in [1.29, 1.82) is 0 Å². The Morgan fingerprint density at radius 3 is 3.06 bits per heavy atom. The van der Waals surface area contributed by atoms with Crippen LogP contribution in [0, 0.1) is 6.92 Å². The normalized spacial score (nSPS) is 13.9. The number of nitrogens with zero attached hydrogens (tertiary/aromatic N) is 2. The molecule has 1 aliphatic rings. The fourth-order valence-electron chi connectivity index (χ4n) is 2.23. The molecule has 0 radical (unpaired) electrons. The van der Waals surface area contributed by atoms with E-state index in [-0.39, 0.29) is 0 Å². The molecule has 1 N–H and O–H groups in total. The minimum absolute atomic E-state index is 0.930. The zero-order valence-electron chi connectivity index (χ0n) is 9.58. The van der Waals surface area contributed by atoms with Crippen LogP contribution in [0.5, 0.6) is 0 Å². The highest BCUT2D eigenvalue weighted by Crippen LogP contribution is 2.35. The quantitative estimate of drug-likeness (QED) is 0.864. The Bertz CT molecular complexity index is 524. The molecule has 0 bridgehead atoms. The summed E-state index contributed by atoms with van der Waals surface area (Å²) < 4.78 is 2.08. The van der Waals surface area contributed by atoms with E-state index in [2.05, 4.69) is 36.0 Å². The molecule has 0 fully saturated rings. The van der Waals surface area contributed by atoms with Gasteiger partial charge in [-0.3, -0.25) is 0 Å². The van der Waals surface area contributed by atoms with Crippen LogP contribution in [0.4, 0.5) is 5.82 Å². The molecule has 0 aliphatic carbocycles. The lowest BCUT2D eigenvalue weighted by Crippen LogP contribution is -2.04. The number of nitrogens with one attached hydrogen (secondary N) is 1. The predicted molar refractivity (Wildman–Crippen MR) is 68.1 cm³/mol. The standard InChI is InChI=1S/C12H15N3S/c1-3-15-12-9(6-7-13-12)11(14-15)10-5-4-8(2)16-10/h4-5,13H,3,6-7H2,1-2H3. The number of aryl methyl sites for hydroxylation is 2. The average Bonchev–Trinajstić information content (AvgIpc) is 2.92. The summed E-state index contributed by atoms with van der Waals surface area (Å²) in [5, 5.41) is 8.12. The van der Waals surface area contributed by atoms with Gasteiger partial charge in [-0.05, 0) is 32.4 Å². The van der Waals surface area contributed by atoms with Crippen LogP contribution in [0.1, 0.15) is 17.4 Å². The number of rotatable bonds is 2. The molecule has 4 heteroatoms. The van der Waals surface area contributed by atoms with Gasteiger partial charge in [0.2, 0.25) is 0 Å². The highest BCUT2D eigenvalue weighted by Gasteiger charge is 2.22. The predicted octanol–water partition coefficient (Wildman–Crippen LogP) is 2.91. The average molecular weight is 233 g/mol. The van der Waals surface area contributed by atoms with Crippen molar-refractivity contribution in [2.24, 2.45) is 0 Å². The van der Waals surface area contributed by atoms with Gasteiger partial charge in [-0.15, -0.1) is 11.3 Å². The molecule has 0 atom stereocenters. The highest BCUT2D eigenvalue weighted by atomic mass is 32.1. The molecule has 0 saturated heterocycles. The smallest absolute Gasteiger partial charge is 0.128 e. The van der Waals surface area contributed by atoms with Gasteiger partial charge in [0.15, 0.2) is 0 Å². The van der Waals surface area contributed by atoms with E-state index in [1.807, 2.05) is 11.3 Å². The minimum Gasteiger partial charge on any atom is -0.370 e. The van der Waals surface area contributed by atoms with Gasteiger partial charge in [0.25, 0.3) is 0 Å². The fraction of sp³-hybridized carbons (Fsp3) is 0.417. The van der Waals surface area contributed by atoms with Gasteiger partial charge in [0.1, 0.15) is 11.5 Å². The van der Waals surface area contributed by atoms with E-state index in [0.717, 1.165) is 19.5 Å². The van der Waals surface area contributed by atoms with Crippen LogP contribution in [-0.4, -0.2) is 16.3 Å². The van der Waals surface area contributed by atoms with Crippen molar-refractivity contribution in [3.8, 4) is 10.6 Å². The first-order chi connectivity index (χ1) is 7.79. The van der Waals surface area contributed by atoms with Crippen molar-refractivity contribution >= 4 is 17.2 Å². The van der Waals surface area contributed by atoms with E-state index in [0.29, 0.717) is 0 Å².